The summed E-state index contributed by atoms with van der Waals surface area (Å²) >= 11 is 1.53. The zero-order valence-electron chi connectivity index (χ0n) is 17.0. The molecule has 8 heteroatoms. The third-order valence-electron chi connectivity index (χ3n) is 4.49. The first-order chi connectivity index (χ1) is 13.7. The predicted molar refractivity (Wildman–Crippen MR) is 117 cm³/mol. The average molecular weight is 433 g/mol. The quantitative estimate of drug-likeness (QED) is 0.565. The van der Waals surface area contributed by atoms with Gasteiger partial charge >= 0.3 is 0 Å². The van der Waals surface area contributed by atoms with Crippen LogP contribution in [0.1, 0.15) is 30.3 Å². The maximum absolute atomic E-state index is 13.3. The maximum atomic E-state index is 13.3. The summed E-state index contributed by atoms with van der Waals surface area (Å²) in [7, 11) is -0.836. The second kappa shape index (κ2) is 8.42. The third-order valence-corrected chi connectivity index (χ3v) is 6.69. The molecule has 1 heterocycles. The van der Waals surface area contributed by atoms with Gasteiger partial charge < -0.3 is 9.47 Å². The molecule has 3 aromatic rings. The highest BCUT2D eigenvalue weighted by molar-refractivity contribution is 7.92. The molecular weight excluding hydrogens is 408 g/mol. The molecule has 0 fully saturated rings. The van der Waals surface area contributed by atoms with Crippen molar-refractivity contribution in [3.05, 3.63) is 52.3 Å². The third kappa shape index (κ3) is 4.54. The molecule has 6 nitrogen and oxygen atoms in total. The number of hydrogen-bond donors (Lipinski definition) is 1. The zero-order chi connectivity index (χ0) is 21.2. The van der Waals surface area contributed by atoms with Gasteiger partial charge in [-0.3, -0.25) is 4.72 Å². The summed E-state index contributed by atoms with van der Waals surface area (Å²) < 4.78 is 39.8. The Morgan fingerprint density at radius 2 is 1.83 bits per heavy atom. The summed E-state index contributed by atoms with van der Waals surface area (Å²) in [4.78, 5) is 4.71. The van der Waals surface area contributed by atoms with Gasteiger partial charge in [-0.05, 0) is 36.6 Å². The second-order valence-electron chi connectivity index (χ2n) is 6.83. The summed E-state index contributed by atoms with van der Waals surface area (Å²) in [5, 5.41) is 2.86. The van der Waals surface area contributed by atoms with E-state index in [9.17, 15) is 8.42 Å². The van der Waals surface area contributed by atoms with Gasteiger partial charge in [0.2, 0.25) is 0 Å². The molecule has 0 unspecified atom stereocenters. The van der Waals surface area contributed by atoms with Crippen LogP contribution in [0.4, 0.5) is 5.69 Å². The van der Waals surface area contributed by atoms with Gasteiger partial charge in [-0.25, -0.2) is 13.4 Å². The molecule has 0 spiro atoms. The smallest absolute Gasteiger partial charge is 0.262 e. The Morgan fingerprint density at radius 1 is 1.07 bits per heavy atom. The van der Waals surface area contributed by atoms with Crippen LogP contribution < -0.4 is 14.2 Å². The molecule has 3 rings (SSSR count). The van der Waals surface area contributed by atoms with E-state index < -0.39 is 10.0 Å². The molecule has 0 saturated heterocycles. The lowest BCUT2D eigenvalue weighted by molar-refractivity contribution is 0.395. The molecule has 0 amide bonds. The van der Waals surface area contributed by atoms with E-state index in [2.05, 4.69) is 9.71 Å². The van der Waals surface area contributed by atoms with Crippen molar-refractivity contribution in [3.8, 4) is 22.8 Å². The number of rotatable bonds is 7. The second-order valence-corrected chi connectivity index (χ2v) is 9.54. The highest BCUT2D eigenvalue weighted by Crippen LogP contribution is 2.34. The number of hydrogen-bond acceptors (Lipinski definition) is 6. The molecule has 0 aliphatic heterocycles. The highest BCUT2D eigenvalue weighted by Gasteiger charge is 2.23. The van der Waals surface area contributed by atoms with Crippen LogP contribution in [-0.4, -0.2) is 27.6 Å². The van der Waals surface area contributed by atoms with Crippen LogP contribution in [0.2, 0.25) is 0 Å². The monoisotopic (exact) mass is 432 g/mol. The molecule has 0 aliphatic carbocycles. The lowest BCUT2D eigenvalue weighted by atomic mass is 10.0. The maximum Gasteiger partial charge on any atom is 0.262 e. The van der Waals surface area contributed by atoms with Crippen molar-refractivity contribution < 1.29 is 17.9 Å². The Kier molecular flexibility index (Phi) is 6.14. The lowest BCUT2D eigenvalue weighted by Gasteiger charge is -2.17. The Bertz CT molecular complexity index is 1120. The van der Waals surface area contributed by atoms with Gasteiger partial charge in [0.1, 0.15) is 11.5 Å². The van der Waals surface area contributed by atoms with Gasteiger partial charge in [0, 0.05) is 17.0 Å². The molecule has 29 heavy (non-hydrogen) atoms. The fourth-order valence-electron chi connectivity index (χ4n) is 2.98. The molecular formula is C21H24N2O4S2. The molecule has 0 aliphatic rings. The van der Waals surface area contributed by atoms with Crippen molar-refractivity contribution in [1.82, 2.24) is 4.98 Å². The topological polar surface area (TPSA) is 77.5 Å². The molecule has 1 N–H and O–H groups in total. The van der Waals surface area contributed by atoms with Gasteiger partial charge in [-0.1, -0.05) is 26.0 Å². The minimum absolute atomic E-state index is 0.0329. The minimum atomic E-state index is -3.86. The number of ether oxygens (including phenoxy) is 2. The molecule has 0 bridgehead atoms. The van der Waals surface area contributed by atoms with Crippen molar-refractivity contribution in [2.24, 2.45) is 0 Å². The fourth-order valence-corrected chi connectivity index (χ4v) is 5.07. The van der Waals surface area contributed by atoms with Crippen LogP contribution in [0, 0.1) is 6.92 Å². The number of anilines is 1. The van der Waals surface area contributed by atoms with E-state index in [1.54, 1.807) is 31.4 Å². The van der Waals surface area contributed by atoms with E-state index in [1.165, 1.54) is 18.4 Å². The number of aryl methyl sites for hydroxylation is 1. The summed E-state index contributed by atoms with van der Waals surface area (Å²) in [6.07, 6.45) is 0. The van der Waals surface area contributed by atoms with Crippen LogP contribution in [0.15, 0.2) is 46.7 Å². The lowest BCUT2D eigenvalue weighted by Crippen LogP contribution is -2.16. The number of methoxy groups -OCH3 is 2. The van der Waals surface area contributed by atoms with Crippen molar-refractivity contribution in [3.63, 3.8) is 0 Å². The predicted octanol–water partition coefficient (Wildman–Crippen LogP) is 5.06. The Labute approximate surface area is 175 Å². The number of nitrogens with zero attached hydrogens (tertiary/aromatic N) is 1. The van der Waals surface area contributed by atoms with E-state index in [-0.39, 0.29) is 10.8 Å². The Morgan fingerprint density at radius 3 is 2.41 bits per heavy atom. The number of benzene rings is 2. The van der Waals surface area contributed by atoms with E-state index in [0.717, 1.165) is 21.8 Å². The largest absolute Gasteiger partial charge is 0.497 e. The van der Waals surface area contributed by atoms with E-state index in [0.29, 0.717) is 17.2 Å². The molecule has 154 valence electrons. The summed E-state index contributed by atoms with van der Waals surface area (Å²) in [6.45, 7) is 5.86. The minimum Gasteiger partial charge on any atom is -0.497 e. The number of sulfonamides is 1. The first-order valence-electron chi connectivity index (χ1n) is 9.06. The highest BCUT2D eigenvalue weighted by atomic mass is 32.2. The molecule has 0 radical (unpaired) electrons. The van der Waals surface area contributed by atoms with Crippen LogP contribution in [0.5, 0.6) is 11.5 Å². The molecule has 0 saturated carbocycles. The number of nitrogens with one attached hydrogen (secondary N) is 1. The first-order valence-corrected chi connectivity index (χ1v) is 11.4. The van der Waals surface area contributed by atoms with E-state index >= 15 is 0 Å². The number of aromatic nitrogens is 1. The van der Waals surface area contributed by atoms with Crippen molar-refractivity contribution in [1.29, 1.82) is 0 Å². The van der Waals surface area contributed by atoms with E-state index in [1.807, 2.05) is 38.3 Å². The number of thiazole rings is 1. The van der Waals surface area contributed by atoms with Crippen molar-refractivity contribution in [2.45, 2.75) is 31.6 Å². The van der Waals surface area contributed by atoms with Crippen LogP contribution in [0.3, 0.4) is 0 Å². The summed E-state index contributed by atoms with van der Waals surface area (Å²) in [6, 6.07) is 10.4. The molecule has 2 aromatic carbocycles. The van der Waals surface area contributed by atoms with Crippen LogP contribution in [-0.2, 0) is 10.0 Å². The van der Waals surface area contributed by atoms with Gasteiger partial charge in [0.25, 0.3) is 10.0 Å². The van der Waals surface area contributed by atoms with Gasteiger partial charge in [-0.15, -0.1) is 11.3 Å². The first kappa shape index (κ1) is 21.1. The molecule has 0 atom stereocenters. The average Bonchev–Trinajstić information content (AvgIpc) is 3.13. The Hall–Kier alpha value is -2.58. The molecule has 1 aromatic heterocycles. The summed E-state index contributed by atoms with van der Waals surface area (Å²) in [5.41, 5.74) is 2.61. The SMILES string of the molecule is COc1ccc(NS(=O)(=O)c2cc(-c3csc(C)n3)ccc2C(C)C)c(OC)c1. The van der Waals surface area contributed by atoms with Crippen LogP contribution >= 0.6 is 11.3 Å². The van der Waals surface area contributed by atoms with Gasteiger partial charge in [-0.2, -0.15) is 0 Å². The Balaban J connectivity index is 2.07. The van der Waals surface area contributed by atoms with Crippen molar-refractivity contribution in [2.75, 3.05) is 18.9 Å². The normalized spacial score (nSPS) is 11.5. The van der Waals surface area contributed by atoms with Gasteiger partial charge in [0.15, 0.2) is 0 Å². The zero-order valence-corrected chi connectivity index (χ0v) is 18.6. The fraction of sp³-hybridized carbons (Fsp3) is 0.286. The van der Waals surface area contributed by atoms with Gasteiger partial charge in [0.05, 0.1) is 35.5 Å². The summed E-state index contributed by atoms with van der Waals surface area (Å²) in [5.74, 6) is 0.990. The standard InChI is InChI=1S/C21H24N2O4S2/c1-13(2)17-8-6-15(19-12-28-14(3)22-19)10-21(17)29(24,25)23-18-9-7-16(26-4)11-20(18)27-5/h6-13,23H,1-5H3. The van der Waals surface area contributed by atoms with E-state index in [4.69, 9.17) is 9.47 Å². The van der Waals surface area contributed by atoms with Crippen molar-refractivity contribution >= 4 is 27.0 Å². The van der Waals surface area contributed by atoms with Crippen LogP contribution in [0.25, 0.3) is 11.3 Å².